The van der Waals surface area contributed by atoms with Crippen molar-refractivity contribution >= 4 is 16.5 Å². The van der Waals surface area contributed by atoms with Gasteiger partial charge in [0, 0.05) is 29.4 Å². The molecule has 1 aromatic rings. The second kappa shape index (κ2) is 5.88. The van der Waals surface area contributed by atoms with Gasteiger partial charge in [0.2, 0.25) is 0 Å². The van der Waals surface area contributed by atoms with Gasteiger partial charge in [0.1, 0.15) is 0 Å². The van der Waals surface area contributed by atoms with Crippen LogP contribution in [0.1, 0.15) is 69.9 Å². The lowest BCUT2D eigenvalue weighted by molar-refractivity contribution is 0.245. The van der Waals surface area contributed by atoms with Crippen LogP contribution >= 0.6 is 11.3 Å². The Labute approximate surface area is 132 Å². The second-order valence-corrected chi connectivity index (χ2v) is 7.93. The third-order valence-corrected chi connectivity index (χ3v) is 6.26. The normalized spacial score (nSPS) is 32.4. The number of rotatable bonds is 5. The molecule has 0 aromatic carbocycles. The zero-order valence-corrected chi connectivity index (χ0v) is 13.9. The summed E-state index contributed by atoms with van der Waals surface area (Å²) in [5.41, 5.74) is 1.37. The van der Waals surface area contributed by atoms with Crippen LogP contribution in [-0.2, 0) is 0 Å². The summed E-state index contributed by atoms with van der Waals surface area (Å²) in [7, 11) is 0. The van der Waals surface area contributed by atoms with E-state index in [0.29, 0.717) is 0 Å². The molecule has 2 atom stereocenters. The third kappa shape index (κ3) is 2.85. The van der Waals surface area contributed by atoms with Gasteiger partial charge in [-0.15, -0.1) is 11.3 Å². The van der Waals surface area contributed by atoms with E-state index in [0.717, 1.165) is 24.0 Å². The van der Waals surface area contributed by atoms with Crippen LogP contribution in [0.15, 0.2) is 5.38 Å². The number of fused-ring (bicyclic) bond motifs is 2. The molecule has 0 amide bonds. The number of aromatic nitrogens is 1. The molecule has 4 rings (SSSR count). The molecule has 2 aliphatic heterocycles. The van der Waals surface area contributed by atoms with E-state index in [1.807, 2.05) is 11.3 Å². The van der Waals surface area contributed by atoms with E-state index >= 15 is 0 Å². The minimum atomic E-state index is 0.727. The number of nitrogens with zero attached hydrogens (tertiary/aromatic N) is 2. The van der Waals surface area contributed by atoms with Crippen molar-refractivity contribution in [2.24, 2.45) is 0 Å². The third-order valence-electron chi connectivity index (χ3n) is 5.38. The van der Waals surface area contributed by atoms with E-state index in [4.69, 9.17) is 4.98 Å². The summed E-state index contributed by atoms with van der Waals surface area (Å²) in [4.78, 5) is 7.69. The van der Waals surface area contributed by atoms with E-state index in [2.05, 4.69) is 22.5 Å². The maximum Gasteiger partial charge on any atom is 0.186 e. The van der Waals surface area contributed by atoms with Crippen molar-refractivity contribution in [3.05, 3.63) is 11.1 Å². The van der Waals surface area contributed by atoms with Crippen molar-refractivity contribution < 1.29 is 0 Å². The molecular formula is C17H27N3S. The molecule has 1 saturated carbocycles. The van der Waals surface area contributed by atoms with Gasteiger partial charge in [-0.2, -0.15) is 0 Å². The molecule has 2 bridgehead atoms. The van der Waals surface area contributed by atoms with Crippen LogP contribution in [0.4, 0.5) is 5.13 Å². The molecule has 3 fully saturated rings. The monoisotopic (exact) mass is 305 g/mol. The summed E-state index contributed by atoms with van der Waals surface area (Å²) in [6.45, 7) is 3.44. The number of nitrogens with one attached hydrogen (secondary N) is 1. The fourth-order valence-corrected chi connectivity index (χ4v) is 5.22. The van der Waals surface area contributed by atoms with Crippen LogP contribution in [0.3, 0.4) is 0 Å². The van der Waals surface area contributed by atoms with E-state index < -0.39 is 0 Å². The minimum absolute atomic E-state index is 0.727. The highest BCUT2D eigenvalue weighted by molar-refractivity contribution is 7.13. The summed E-state index contributed by atoms with van der Waals surface area (Å²) < 4.78 is 0. The number of anilines is 1. The fraction of sp³-hybridized carbons (Fsp3) is 0.824. The highest BCUT2D eigenvalue weighted by atomic mass is 32.1. The van der Waals surface area contributed by atoms with Gasteiger partial charge in [-0.1, -0.05) is 6.92 Å². The van der Waals surface area contributed by atoms with Gasteiger partial charge in [-0.3, -0.25) is 0 Å². The number of hydrogen-bond acceptors (Lipinski definition) is 4. The van der Waals surface area contributed by atoms with E-state index in [9.17, 15) is 0 Å². The van der Waals surface area contributed by atoms with E-state index in [1.54, 1.807) is 0 Å². The van der Waals surface area contributed by atoms with E-state index in [-0.39, 0.29) is 0 Å². The summed E-state index contributed by atoms with van der Waals surface area (Å²) in [5.74, 6) is 0.790. The molecule has 1 aliphatic carbocycles. The molecule has 3 nitrogen and oxygen atoms in total. The standard InChI is InChI=1S/C17H27N3S/c1-2-8-18-13-9-14-4-3-5-15(10-13)20(14)17-19-16(11-21-17)12-6-7-12/h11-15,18H,2-10H2,1H3. The molecule has 3 aliphatic rings. The Morgan fingerprint density at radius 1 is 1.24 bits per heavy atom. The van der Waals surface area contributed by atoms with Crippen molar-refractivity contribution in [2.45, 2.75) is 82.3 Å². The molecule has 0 radical (unpaired) electrons. The lowest BCUT2D eigenvalue weighted by Gasteiger charge is -2.49. The lowest BCUT2D eigenvalue weighted by Crippen LogP contribution is -2.56. The molecule has 0 spiro atoms. The van der Waals surface area contributed by atoms with Crippen LogP contribution in [0.2, 0.25) is 0 Å². The Hall–Kier alpha value is -0.610. The van der Waals surface area contributed by atoms with Crippen LogP contribution in [0.25, 0.3) is 0 Å². The van der Waals surface area contributed by atoms with Crippen molar-refractivity contribution in [3.8, 4) is 0 Å². The first kappa shape index (κ1) is 14.0. The van der Waals surface area contributed by atoms with Crippen molar-refractivity contribution in [2.75, 3.05) is 11.4 Å². The van der Waals surface area contributed by atoms with Gasteiger partial charge >= 0.3 is 0 Å². The predicted octanol–water partition coefficient (Wildman–Crippen LogP) is 3.91. The average molecular weight is 305 g/mol. The topological polar surface area (TPSA) is 28.2 Å². The highest BCUT2D eigenvalue weighted by Crippen LogP contribution is 2.44. The van der Waals surface area contributed by atoms with Gasteiger partial charge in [-0.25, -0.2) is 4.98 Å². The number of piperidine rings is 2. The molecule has 1 aromatic heterocycles. The molecule has 21 heavy (non-hydrogen) atoms. The first-order valence-corrected chi connectivity index (χ1v) is 9.70. The first-order chi connectivity index (χ1) is 10.3. The van der Waals surface area contributed by atoms with Crippen molar-refractivity contribution in [1.82, 2.24) is 10.3 Å². The van der Waals surface area contributed by atoms with Gasteiger partial charge in [0.15, 0.2) is 5.13 Å². The maximum atomic E-state index is 4.99. The largest absolute Gasteiger partial charge is 0.342 e. The van der Waals surface area contributed by atoms with Crippen LogP contribution in [-0.4, -0.2) is 29.7 Å². The maximum absolute atomic E-state index is 4.99. The zero-order chi connectivity index (χ0) is 14.2. The Morgan fingerprint density at radius 3 is 2.67 bits per heavy atom. The lowest BCUT2D eigenvalue weighted by atomic mass is 9.82. The van der Waals surface area contributed by atoms with Crippen LogP contribution < -0.4 is 10.2 Å². The van der Waals surface area contributed by atoms with Gasteiger partial charge in [-0.05, 0) is 57.9 Å². The molecule has 4 heteroatoms. The molecule has 2 unspecified atom stereocenters. The van der Waals surface area contributed by atoms with Crippen LogP contribution in [0.5, 0.6) is 0 Å². The Kier molecular flexibility index (Phi) is 3.92. The summed E-state index contributed by atoms with van der Waals surface area (Å²) in [6.07, 6.45) is 10.7. The smallest absolute Gasteiger partial charge is 0.186 e. The molecular weight excluding hydrogens is 278 g/mol. The molecule has 2 saturated heterocycles. The van der Waals surface area contributed by atoms with E-state index in [1.165, 1.54) is 68.7 Å². The fourth-order valence-electron chi connectivity index (χ4n) is 4.17. The molecule has 3 heterocycles. The van der Waals surface area contributed by atoms with Crippen LogP contribution in [0, 0.1) is 0 Å². The average Bonchev–Trinajstić information content (AvgIpc) is 3.22. The van der Waals surface area contributed by atoms with Crippen molar-refractivity contribution in [1.29, 1.82) is 0 Å². The van der Waals surface area contributed by atoms with Gasteiger partial charge in [0.25, 0.3) is 0 Å². The molecule has 1 N–H and O–H groups in total. The quantitative estimate of drug-likeness (QED) is 0.894. The van der Waals surface area contributed by atoms with Gasteiger partial charge in [0.05, 0.1) is 5.69 Å². The molecule has 116 valence electrons. The Bertz CT molecular complexity index is 468. The van der Waals surface area contributed by atoms with Gasteiger partial charge < -0.3 is 10.2 Å². The summed E-state index contributed by atoms with van der Waals surface area (Å²) in [5, 5.41) is 7.41. The second-order valence-electron chi connectivity index (χ2n) is 7.10. The number of thiazole rings is 1. The SMILES string of the molecule is CCCNC1CC2CCCC(C1)N2c1nc(C2CC2)cs1. The zero-order valence-electron chi connectivity index (χ0n) is 13.1. The predicted molar refractivity (Wildman–Crippen MR) is 89.3 cm³/mol. The summed E-state index contributed by atoms with van der Waals surface area (Å²) >= 11 is 1.89. The Balaban J connectivity index is 1.49. The first-order valence-electron chi connectivity index (χ1n) is 8.82. The van der Waals surface area contributed by atoms with Crippen molar-refractivity contribution in [3.63, 3.8) is 0 Å². The summed E-state index contributed by atoms with van der Waals surface area (Å²) in [6, 6.07) is 2.19. The Morgan fingerprint density at radius 2 is 2.00 bits per heavy atom. The number of hydrogen-bond donors (Lipinski definition) is 1. The minimum Gasteiger partial charge on any atom is -0.342 e. The highest BCUT2D eigenvalue weighted by Gasteiger charge is 2.39.